The van der Waals surface area contributed by atoms with E-state index in [9.17, 15) is 0 Å². The lowest BCUT2D eigenvalue weighted by atomic mass is 9.96. The van der Waals surface area contributed by atoms with E-state index in [2.05, 4.69) is 240 Å². The number of aromatic nitrogens is 1. The van der Waals surface area contributed by atoms with Crippen molar-refractivity contribution in [1.82, 2.24) is 4.57 Å². The van der Waals surface area contributed by atoms with E-state index in [1.165, 1.54) is 80.6 Å². The molecule has 3 heteroatoms. The molecule has 0 spiro atoms. The van der Waals surface area contributed by atoms with Gasteiger partial charge in [-0.15, -0.1) is 11.3 Å². The molecule has 2 nitrogen and oxygen atoms in total. The first-order valence-electron chi connectivity index (χ1n) is 20.9. The van der Waals surface area contributed by atoms with Crippen molar-refractivity contribution in [2.24, 2.45) is 0 Å². The molecule has 61 heavy (non-hydrogen) atoms. The van der Waals surface area contributed by atoms with Crippen LogP contribution in [0.4, 0.5) is 17.1 Å². The lowest BCUT2D eigenvalue weighted by molar-refractivity contribution is 1.18. The molecule has 12 rings (SSSR count). The van der Waals surface area contributed by atoms with Gasteiger partial charge in [-0.1, -0.05) is 182 Å². The highest BCUT2D eigenvalue weighted by molar-refractivity contribution is 7.26. The fourth-order valence-corrected chi connectivity index (χ4v) is 10.7. The van der Waals surface area contributed by atoms with Crippen molar-refractivity contribution < 1.29 is 0 Å². The number of hydrogen-bond donors (Lipinski definition) is 0. The first kappa shape index (κ1) is 35.2. The van der Waals surface area contributed by atoms with E-state index in [0.717, 1.165) is 28.3 Å². The first-order valence-corrected chi connectivity index (χ1v) is 21.7. The molecular formula is C58H38N2S. The van der Waals surface area contributed by atoms with Crippen LogP contribution in [0.15, 0.2) is 231 Å². The fraction of sp³-hybridized carbons (Fsp3) is 0. The van der Waals surface area contributed by atoms with Crippen molar-refractivity contribution in [3.63, 3.8) is 0 Å². The van der Waals surface area contributed by atoms with Crippen LogP contribution in [0.5, 0.6) is 0 Å². The Labute approximate surface area is 358 Å². The Bertz CT molecular complexity index is 3610. The molecule has 0 saturated carbocycles. The highest BCUT2D eigenvalue weighted by atomic mass is 32.1. The van der Waals surface area contributed by atoms with Gasteiger partial charge in [-0.2, -0.15) is 0 Å². The first-order chi connectivity index (χ1) is 30.3. The molecule has 0 aliphatic carbocycles. The van der Waals surface area contributed by atoms with E-state index < -0.39 is 0 Å². The smallest absolute Gasteiger partial charge is 0.0562 e. The minimum atomic E-state index is 1.11. The van der Waals surface area contributed by atoms with Gasteiger partial charge in [0.1, 0.15) is 0 Å². The fourth-order valence-electron chi connectivity index (χ4n) is 9.49. The van der Waals surface area contributed by atoms with Crippen LogP contribution in [-0.4, -0.2) is 4.57 Å². The molecule has 0 amide bonds. The number of fused-ring (bicyclic) bond motifs is 7. The third kappa shape index (κ3) is 5.78. The topological polar surface area (TPSA) is 8.17 Å². The zero-order chi connectivity index (χ0) is 40.3. The minimum Gasteiger partial charge on any atom is -0.309 e. The Morgan fingerprint density at radius 2 is 0.918 bits per heavy atom. The van der Waals surface area contributed by atoms with Gasteiger partial charge in [0.2, 0.25) is 0 Å². The SMILES string of the molecule is c1ccc(-c2ccccc2N(c2ccccc2-c2ccc3ccccc3c2)c2cccc3c2c2ccccc2n3-c2ccccc2-c2cccc3c2sc2ccccc23)cc1. The number of benzene rings is 10. The lowest BCUT2D eigenvalue weighted by Gasteiger charge is -2.30. The molecule has 2 aromatic heterocycles. The van der Waals surface area contributed by atoms with E-state index in [1.54, 1.807) is 0 Å². The predicted octanol–water partition coefficient (Wildman–Crippen LogP) is 16.8. The van der Waals surface area contributed by atoms with Crippen LogP contribution in [0.1, 0.15) is 0 Å². The van der Waals surface area contributed by atoms with Gasteiger partial charge in [0, 0.05) is 53.2 Å². The van der Waals surface area contributed by atoms with Crippen molar-refractivity contribution in [3.8, 4) is 39.1 Å². The Morgan fingerprint density at radius 1 is 0.344 bits per heavy atom. The molecule has 0 aliphatic rings. The summed E-state index contributed by atoms with van der Waals surface area (Å²) in [6.07, 6.45) is 0. The summed E-state index contributed by atoms with van der Waals surface area (Å²) in [4.78, 5) is 2.51. The highest BCUT2D eigenvalue weighted by Crippen LogP contribution is 2.50. The number of nitrogens with zero attached hydrogens (tertiary/aromatic N) is 2. The van der Waals surface area contributed by atoms with Crippen molar-refractivity contribution in [2.75, 3.05) is 4.90 Å². The summed E-state index contributed by atoms with van der Waals surface area (Å²) in [6.45, 7) is 0. The van der Waals surface area contributed by atoms with E-state index in [4.69, 9.17) is 0 Å². The van der Waals surface area contributed by atoms with Crippen molar-refractivity contribution in [3.05, 3.63) is 231 Å². The molecule has 0 N–H and O–H groups in total. The van der Waals surface area contributed by atoms with Gasteiger partial charge in [-0.05, 0) is 70.4 Å². The van der Waals surface area contributed by atoms with E-state index in [0.29, 0.717) is 0 Å². The molecule has 10 aromatic carbocycles. The van der Waals surface area contributed by atoms with E-state index in [-0.39, 0.29) is 0 Å². The molecule has 0 atom stereocenters. The normalized spacial score (nSPS) is 11.6. The quantitative estimate of drug-likeness (QED) is 0.156. The number of para-hydroxylation sites is 4. The second kappa shape index (κ2) is 14.5. The van der Waals surface area contributed by atoms with E-state index >= 15 is 0 Å². The van der Waals surface area contributed by atoms with Gasteiger partial charge >= 0.3 is 0 Å². The van der Waals surface area contributed by atoms with Crippen LogP contribution in [0.3, 0.4) is 0 Å². The summed E-state index contributed by atoms with van der Waals surface area (Å²) >= 11 is 1.88. The van der Waals surface area contributed by atoms with Crippen LogP contribution in [0.25, 0.3) is 91.8 Å². The maximum atomic E-state index is 2.51. The predicted molar refractivity (Wildman–Crippen MR) is 262 cm³/mol. The Kier molecular flexibility index (Phi) is 8.39. The Morgan fingerprint density at radius 3 is 1.75 bits per heavy atom. The summed E-state index contributed by atoms with van der Waals surface area (Å²) < 4.78 is 5.11. The number of hydrogen-bond acceptors (Lipinski definition) is 2. The lowest BCUT2D eigenvalue weighted by Crippen LogP contribution is -2.13. The van der Waals surface area contributed by atoms with Gasteiger partial charge in [0.25, 0.3) is 0 Å². The minimum absolute atomic E-state index is 1.11. The van der Waals surface area contributed by atoms with Gasteiger partial charge in [-0.3, -0.25) is 0 Å². The molecule has 2 heterocycles. The van der Waals surface area contributed by atoms with E-state index in [1.807, 2.05) is 11.3 Å². The average Bonchev–Trinajstić information content (AvgIpc) is 3.89. The summed E-state index contributed by atoms with van der Waals surface area (Å²) in [5.41, 5.74) is 14.0. The third-order valence-corrected chi connectivity index (χ3v) is 13.4. The van der Waals surface area contributed by atoms with Crippen molar-refractivity contribution in [1.29, 1.82) is 0 Å². The molecule has 12 aromatic rings. The monoisotopic (exact) mass is 794 g/mol. The Balaban J connectivity index is 1.15. The zero-order valence-corrected chi connectivity index (χ0v) is 34.1. The second-order valence-corrected chi connectivity index (χ2v) is 16.7. The van der Waals surface area contributed by atoms with Crippen molar-refractivity contribution >= 4 is 81.1 Å². The van der Waals surface area contributed by atoms with Crippen LogP contribution in [0.2, 0.25) is 0 Å². The van der Waals surface area contributed by atoms with Gasteiger partial charge in [-0.25, -0.2) is 0 Å². The molecule has 0 saturated heterocycles. The van der Waals surface area contributed by atoms with Crippen molar-refractivity contribution in [2.45, 2.75) is 0 Å². The van der Waals surface area contributed by atoms with Gasteiger partial charge < -0.3 is 9.47 Å². The average molecular weight is 795 g/mol. The summed E-state index contributed by atoms with van der Waals surface area (Å²) in [5, 5.41) is 7.47. The highest BCUT2D eigenvalue weighted by Gasteiger charge is 2.26. The standard InChI is InChI=1S/C58H38N2S/c1-2-19-40(20-3-1)43-22-6-11-29-50(43)59(51-30-12-7-23-44(51)42-37-36-39-18-4-5-21-41(39)38-42)54-33-17-34-55-57(54)49-26-9-14-32-53(49)60(55)52-31-13-8-24-45(52)47-27-16-28-48-46-25-10-15-35-56(46)61-58(47)48/h1-38H. The number of anilines is 3. The van der Waals surface area contributed by atoms with Crippen LogP contribution in [-0.2, 0) is 0 Å². The zero-order valence-electron chi connectivity index (χ0n) is 33.2. The van der Waals surface area contributed by atoms with Gasteiger partial charge in [0.15, 0.2) is 0 Å². The molecule has 286 valence electrons. The second-order valence-electron chi connectivity index (χ2n) is 15.6. The summed E-state index contributed by atoms with van der Waals surface area (Å²) in [7, 11) is 0. The third-order valence-electron chi connectivity index (χ3n) is 12.2. The van der Waals surface area contributed by atoms with Crippen LogP contribution < -0.4 is 4.90 Å². The summed E-state index contributed by atoms with van der Waals surface area (Å²) in [6, 6.07) is 84.2. The maximum Gasteiger partial charge on any atom is 0.0562 e. The van der Waals surface area contributed by atoms with Crippen LogP contribution >= 0.6 is 11.3 Å². The molecule has 0 unspecified atom stereocenters. The van der Waals surface area contributed by atoms with Crippen LogP contribution in [0, 0.1) is 0 Å². The molecular weight excluding hydrogens is 757 g/mol. The number of thiophene rings is 1. The molecule has 0 fully saturated rings. The maximum absolute atomic E-state index is 2.51. The Hall–Kier alpha value is -7.72. The molecule has 0 radical (unpaired) electrons. The van der Waals surface area contributed by atoms with Gasteiger partial charge in [0.05, 0.1) is 33.8 Å². The molecule has 0 aliphatic heterocycles. The summed E-state index contributed by atoms with van der Waals surface area (Å²) in [5.74, 6) is 0. The number of rotatable bonds is 7. The largest absolute Gasteiger partial charge is 0.309 e. The molecule has 0 bridgehead atoms.